The Balaban J connectivity index is 2.11. The standard InChI is InChI=1S/C22H35N3O4/c1-21(2,3)19(26)28-17(15-10-12-23-13-11-15)14-16-8-7-9-18(24-16)25-20(27)29-22(4,5)6/h7-9,15,17,23H,10-14H2,1-6H3,(H,24,25,27). The quantitative estimate of drug-likeness (QED) is 0.722. The molecule has 0 radical (unpaired) electrons. The van der Waals surface area contributed by atoms with Crippen molar-refractivity contribution in [2.75, 3.05) is 18.4 Å². The Morgan fingerprint density at radius 3 is 2.41 bits per heavy atom. The number of nitrogens with one attached hydrogen (secondary N) is 2. The van der Waals surface area contributed by atoms with Crippen LogP contribution in [0.4, 0.5) is 10.6 Å². The fourth-order valence-electron chi connectivity index (χ4n) is 3.11. The highest BCUT2D eigenvalue weighted by Gasteiger charge is 2.32. The van der Waals surface area contributed by atoms with Gasteiger partial charge in [0, 0.05) is 12.1 Å². The van der Waals surface area contributed by atoms with Crippen molar-refractivity contribution in [3.05, 3.63) is 23.9 Å². The highest BCUT2D eigenvalue weighted by molar-refractivity contribution is 5.83. The second-order valence-corrected chi connectivity index (χ2v) is 9.63. The van der Waals surface area contributed by atoms with Crippen LogP contribution in [0, 0.1) is 11.3 Å². The molecule has 1 unspecified atom stereocenters. The predicted octanol–water partition coefficient (Wildman–Crippen LogP) is 3.93. The van der Waals surface area contributed by atoms with Crippen molar-refractivity contribution in [2.24, 2.45) is 11.3 Å². The van der Waals surface area contributed by atoms with Gasteiger partial charge in [0.05, 0.1) is 5.41 Å². The summed E-state index contributed by atoms with van der Waals surface area (Å²) in [6, 6.07) is 5.44. The lowest BCUT2D eigenvalue weighted by Crippen LogP contribution is -2.39. The van der Waals surface area contributed by atoms with Crippen molar-refractivity contribution in [2.45, 2.75) is 72.5 Å². The zero-order valence-electron chi connectivity index (χ0n) is 18.5. The summed E-state index contributed by atoms with van der Waals surface area (Å²) in [7, 11) is 0. The number of amides is 1. The third-order valence-electron chi connectivity index (χ3n) is 4.63. The van der Waals surface area contributed by atoms with Crippen LogP contribution in [0.1, 0.15) is 60.1 Å². The smallest absolute Gasteiger partial charge is 0.413 e. The maximum atomic E-state index is 12.5. The number of carbonyl (C=O) groups excluding carboxylic acids is 2. The van der Waals surface area contributed by atoms with Gasteiger partial charge in [-0.25, -0.2) is 9.78 Å². The van der Waals surface area contributed by atoms with Crippen LogP contribution in [0.25, 0.3) is 0 Å². The molecule has 0 aromatic carbocycles. The minimum Gasteiger partial charge on any atom is -0.461 e. The van der Waals surface area contributed by atoms with Gasteiger partial charge in [-0.2, -0.15) is 0 Å². The van der Waals surface area contributed by atoms with Crippen LogP contribution >= 0.6 is 0 Å². The lowest BCUT2D eigenvalue weighted by Gasteiger charge is -2.32. The van der Waals surface area contributed by atoms with Gasteiger partial charge in [-0.3, -0.25) is 10.1 Å². The third kappa shape index (κ3) is 8.01. The van der Waals surface area contributed by atoms with Crippen LogP contribution in [-0.4, -0.2) is 41.8 Å². The molecule has 2 N–H and O–H groups in total. The second kappa shape index (κ2) is 9.57. The molecule has 0 bridgehead atoms. The van der Waals surface area contributed by atoms with E-state index in [1.165, 1.54) is 0 Å². The SMILES string of the molecule is CC(C)(C)OC(=O)Nc1cccc(CC(OC(=O)C(C)(C)C)C2CCNCC2)n1. The van der Waals surface area contributed by atoms with Crippen molar-refractivity contribution in [1.82, 2.24) is 10.3 Å². The van der Waals surface area contributed by atoms with Gasteiger partial charge >= 0.3 is 12.1 Å². The summed E-state index contributed by atoms with van der Waals surface area (Å²) >= 11 is 0. The minimum atomic E-state index is -0.580. The number of piperidine rings is 1. The van der Waals surface area contributed by atoms with Crippen LogP contribution in [0.2, 0.25) is 0 Å². The van der Waals surface area contributed by atoms with E-state index in [4.69, 9.17) is 9.47 Å². The zero-order chi connectivity index (χ0) is 21.7. The largest absolute Gasteiger partial charge is 0.461 e. The topological polar surface area (TPSA) is 89.5 Å². The number of carbonyl (C=O) groups is 2. The molecule has 1 fully saturated rings. The van der Waals surface area contributed by atoms with Crippen molar-refractivity contribution >= 4 is 17.9 Å². The van der Waals surface area contributed by atoms with Crippen LogP contribution in [-0.2, 0) is 20.7 Å². The molecule has 1 saturated heterocycles. The first-order chi connectivity index (χ1) is 13.4. The summed E-state index contributed by atoms with van der Waals surface area (Å²) in [5.74, 6) is 0.499. The molecule has 1 atom stereocenters. The monoisotopic (exact) mass is 405 g/mol. The van der Waals surface area contributed by atoms with Gasteiger partial charge in [0.15, 0.2) is 0 Å². The van der Waals surface area contributed by atoms with Crippen LogP contribution in [0.3, 0.4) is 0 Å². The number of hydrogen-bond acceptors (Lipinski definition) is 6. The first kappa shape index (κ1) is 23.1. The fraction of sp³-hybridized carbons (Fsp3) is 0.682. The maximum absolute atomic E-state index is 12.5. The molecule has 1 aromatic rings. The summed E-state index contributed by atoms with van der Waals surface area (Å²) in [6.45, 7) is 12.8. The molecule has 2 heterocycles. The molecule has 1 aromatic heterocycles. The van der Waals surface area contributed by atoms with E-state index < -0.39 is 17.1 Å². The van der Waals surface area contributed by atoms with E-state index in [2.05, 4.69) is 15.6 Å². The van der Waals surface area contributed by atoms with Crippen molar-refractivity contribution in [1.29, 1.82) is 0 Å². The number of pyridine rings is 1. The Labute approximate surface area is 173 Å². The molecule has 0 saturated carbocycles. The van der Waals surface area contributed by atoms with Crippen molar-refractivity contribution in [3.8, 4) is 0 Å². The number of hydrogen-bond donors (Lipinski definition) is 2. The maximum Gasteiger partial charge on any atom is 0.413 e. The van der Waals surface area contributed by atoms with E-state index in [0.29, 0.717) is 12.2 Å². The van der Waals surface area contributed by atoms with Crippen molar-refractivity contribution in [3.63, 3.8) is 0 Å². The summed E-state index contributed by atoms with van der Waals surface area (Å²) in [4.78, 5) is 29.1. The van der Waals surface area contributed by atoms with Gasteiger partial charge in [0.25, 0.3) is 0 Å². The van der Waals surface area contributed by atoms with Crippen molar-refractivity contribution < 1.29 is 19.1 Å². The number of rotatable bonds is 5. The van der Waals surface area contributed by atoms with E-state index >= 15 is 0 Å². The van der Waals surface area contributed by atoms with Gasteiger partial charge < -0.3 is 14.8 Å². The van der Waals surface area contributed by atoms with Crippen LogP contribution in [0.15, 0.2) is 18.2 Å². The lowest BCUT2D eigenvalue weighted by atomic mass is 9.88. The highest BCUT2D eigenvalue weighted by Crippen LogP contribution is 2.26. The Kier molecular flexibility index (Phi) is 7.63. The average Bonchev–Trinajstić information content (AvgIpc) is 2.59. The van der Waals surface area contributed by atoms with Gasteiger partial charge in [0.2, 0.25) is 0 Å². The van der Waals surface area contributed by atoms with E-state index in [-0.39, 0.29) is 18.0 Å². The zero-order valence-corrected chi connectivity index (χ0v) is 18.5. The number of aromatic nitrogens is 1. The van der Waals surface area contributed by atoms with E-state index in [1.54, 1.807) is 6.07 Å². The summed E-state index contributed by atoms with van der Waals surface area (Å²) in [5.41, 5.74) is -0.370. The average molecular weight is 406 g/mol. The minimum absolute atomic E-state index is 0.205. The molecule has 7 nitrogen and oxygen atoms in total. The summed E-state index contributed by atoms with van der Waals surface area (Å²) in [5, 5.41) is 6.02. The predicted molar refractivity (Wildman–Crippen MR) is 113 cm³/mol. The lowest BCUT2D eigenvalue weighted by molar-refractivity contribution is -0.162. The molecule has 1 aliphatic heterocycles. The van der Waals surface area contributed by atoms with E-state index in [9.17, 15) is 9.59 Å². The first-order valence-electron chi connectivity index (χ1n) is 10.3. The molecule has 7 heteroatoms. The molecule has 0 aliphatic carbocycles. The third-order valence-corrected chi connectivity index (χ3v) is 4.63. The molecule has 1 aliphatic rings. The molecule has 2 rings (SSSR count). The highest BCUT2D eigenvalue weighted by atomic mass is 16.6. The molecule has 29 heavy (non-hydrogen) atoms. The van der Waals surface area contributed by atoms with Gasteiger partial charge in [-0.1, -0.05) is 6.07 Å². The van der Waals surface area contributed by atoms with Gasteiger partial charge in [-0.05, 0) is 85.5 Å². The number of ether oxygens (including phenoxy) is 2. The van der Waals surface area contributed by atoms with E-state index in [0.717, 1.165) is 31.6 Å². The van der Waals surface area contributed by atoms with E-state index in [1.807, 2.05) is 53.7 Å². The summed E-state index contributed by atoms with van der Waals surface area (Å²) in [6.07, 6.45) is 1.64. The normalized spacial score (nSPS) is 16.8. The molecule has 1 amide bonds. The second-order valence-electron chi connectivity index (χ2n) is 9.63. The Hall–Kier alpha value is -2.15. The Bertz CT molecular complexity index is 701. The Morgan fingerprint density at radius 1 is 1.17 bits per heavy atom. The molecular weight excluding hydrogens is 370 g/mol. The molecule has 0 spiro atoms. The number of esters is 1. The van der Waals surface area contributed by atoms with Gasteiger partial charge in [-0.15, -0.1) is 0 Å². The first-order valence-corrected chi connectivity index (χ1v) is 10.3. The fourth-order valence-corrected chi connectivity index (χ4v) is 3.11. The van der Waals surface area contributed by atoms with Gasteiger partial charge in [0.1, 0.15) is 17.5 Å². The molecule has 162 valence electrons. The number of anilines is 1. The summed E-state index contributed by atoms with van der Waals surface area (Å²) < 4.78 is 11.2. The Morgan fingerprint density at radius 2 is 1.83 bits per heavy atom. The number of nitrogens with zero attached hydrogens (tertiary/aromatic N) is 1. The van der Waals surface area contributed by atoms with Crippen LogP contribution < -0.4 is 10.6 Å². The van der Waals surface area contributed by atoms with Crippen LogP contribution in [0.5, 0.6) is 0 Å². The molecular formula is C22H35N3O4.